The first kappa shape index (κ1) is 16.0. The van der Waals surface area contributed by atoms with E-state index in [1.165, 1.54) is 13.0 Å². The van der Waals surface area contributed by atoms with Gasteiger partial charge in [-0.3, -0.25) is 14.9 Å². The van der Waals surface area contributed by atoms with E-state index in [1.807, 2.05) is 0 Å². The van der Waals surface area contributed by atoms with Gasteiger partial charge >= 0.3 is 5.51 Å². The van der Waals surface area contributed by atoms with E-state index in [4.69, 9.17) is 0 Å². The van der Waals surface area contributed by atoms with Gasteiger partial charge in [-0.2, -0.15) is 13.2 Å². The van der Waals surface area contributed by atoms with Crippen molar-refractivity contribution in [1.29, 1.82) is 0 Å². The van der Waals surface area contributed by atoms with Gasteiger partial charge in [0.05, 0.1) is 14.6 Å². The van der Waals surface area contributed by atoms with E-state index in [1.54, 1.807) is 0 Å². The van der Waals surface area contributed by atoms with Crippen molar-refractivity contribution < 1.29 is 22.9 Å². The molecular weight excluding hydrogens is 351 g/mol. The summed E-state index contributed by atoms with van der Waals surface area (Å²) in [7, 11) is 0. The van der Waals surface area contributed by atoms with Crippen LogP contribution in [0.5, 0.6) is 0 Å². The fourth-order valence-corrected chi connectivity index (χ4v) is 2.26. The standard InChI is InChI=1S/C10H7BrF3NO3S/c1-5(16)9(11)6-2-3-7(15(17)18)8(4-6)19-10(12,13)14/h2-4,9H,1H3. The predicted octanol–water partition coefficient (Wildman–Crippen LogP) is 4.23. The number of thioether (sulfide) groups is 1. The van der Waals surface area contributed by atoms with E-state index in [2.05, 4.69) is 15.9 Å². The molecule has 0 saturated carbocycles. The zero-order valence-electron chi connectivity index (χ0n) is 9.40. The second-order valence-corrected chi connectivity index (χ2v) is 5.53. The molecule has 19 heavy (non-hydrogen) atoms. The Morgan fingerprint density at radius 2 is 2.05 bits per heavy atom. The third-order valence-corrected chi connectivity index (χ3v) is 4.01. The Morgan fingerprint density at radius 1 is 1.47 bits per heavy atom. The minimum Gasteiger partial charge on any atom is -0.298 e. The van der Waals surface area contributed by atoms with Crippen LogP contribution < -0.4 is 0 Å². The number of Topliss-reactive ketones (excluding diaryl/α,β-unsaturated/α-hetero) is 1. The molecule has 1 unspecified atom stereocenters. The Kier molecular flexibility index (Phi) is 4.97. The van der Waals surface area contributed by atoms with Crippen LogP contribution in [0.3, 0.4) is 0 Å². The van der Waals surface area contributed by atoms with Crippen LogP contribution in [0.4, 0.5) is 18.9 Å². The highest BCUT2D eigenvalue weighted by Crippen LogP contribution is 2.42. The Morgan fingerprint density at radius 3 is 2.47 bits per heavy atom. The molecule has 9 heteroatoms. The number of alkyl halides is 4. The SMILES string of the molecule is CC(=O)C(Br)c1ccc([N+](=O)[O-])c(SC(F)(F)F)c1. The third-order valence-electron chi connectivity index (χ3n) is 2.06. The van der Waals surface area contributed by atoms with Crippen molar-refractivity contribution in [3.8, 4) is 0 Å². The van der Waals surface area contributed by atoms with E-state index < -0.39 is 37.6 Å². The maximum Gasteiger partial charge on any atom is 0.446 e. The van der Waals surface area contributed by atoms with Crippen molar-refractivity contribution >= 4 is 39.2 Å². The molecule has 4 nitrogen and oxygen atoms in total. The van der Waals surface area contributed by atoms with E-state index >= 15 is 0 Å². The fraction of sp³-hybridized carbons (Fsp3) is 0.300. The van der Waals surface area contributed by atoms with Gasteiger partial charge in [0.1, 0.15) is 5.78 Å². The highest BCUT2D eigenvalue weighted by molar-refractivity contribution is 9.09. The monoisotopic (exact) mass is 357 g/mol. The third kappa shape index (κ3) is 4.50. The number of rotatable bonds is 4. The second kappa shape index (κ2) is 5.91. The van der Waals surface area contributed by atoms with Crippen LogP contribution in [0, 0.1) is 10.1 Å². The second-order valence-electron chi connectivity index (χ2n) is 3.51. The number of ketones is 1. The largest absolute Gasteiger partial charge is 0.446 e. The lowest BCUT2D eigenvalue weighted by molar-refractivity contribution is -0.387. The van der Waals surface area contributed by atoms with Gasteiger partial charge in [-0.05, 0) is 30.3 Å². The molecule has 1 aromatic rings. The summed E-state index contributed by atoms with van der Waals surface area (Å²) in [5.74, 6) is -0.309. The lowest BCUT2D eigenvalue weighted by Crippen LogP contribution is -2.04. The number of hydrogen-bond donors (Lipinski definition) is 0. The number of nitro groups is 1. The minimum absolute atomic E-state index is 0.241. The number of carbonyl (C=O) groups is 1. The maximum absolute atomic E-state index is 12.3. The van der Waals surface area contributed by atoms with Crippen LogP contribution >= 0.6 is 27.7 Å². The Balaban J connectivity index is 3.26. The first-order chi connectivity index (χ1) is 8.61. The molecular formula is C10H7BrF3NO3S. The first-order valence-electron chi connectivity index (χ1n) is 4.80. The number of hydrogen-bond acceptors (Lipinski definition) is 4. The van der Waals surface area contributed by atoms with Gasteiger partial charge in [0.25, 0.3) is 5.69 Å². The average molecular weight is 358 g/mol. The molecule has 104 valence electrons. The summed E-state index contributed by atoms with van der Waals surface area (Å²) in [6.07, 6.45) is 0. The topological polar surface area (TPSA) is 60.2 Å². The van der Waals surface area contributed by atoms with Gasteiger partial charge in [-0.25, -0.2) is 0 Å². The van der Waals surface area contributed by atoms with Crippen molar-refractivity contribution in [1.82, 2.24) is 0 Å². The van der Waals surface area contributed by atoms with Gasteiger partial charge in [-0.15, -0.1) is 0 Å². The summed E-state index contributed by atoms with van der Waals surface area (Å²) in [5.41, 5.74) is -5.04. The van der Waals surface area contributed by atoms with Crippen molar-refractivity contribution in [3.05, 3.63) is 33.9 Å². The zero-order valence-corrected chi connectivity index (χ0v) is 11.8. The van der Waals surface area contributed by atoms with Crippen molar-refractivity contribution in [2.75, 3.05) is 0 Å². The van der Waals surface area contributed by atoms with Crippen LogP contribution in [-0.4, -0.2) is 16.2 Å². The normalized spacial score (nSPS) is 13.1. The Labute approximate surface area is 118 Å². The molecule has 1 rings (SSSR count). The quantitative estimate of drug-likeness (QED) is 0.350. The number of nitro benzene ring substituents is 1. The molecule has 0 amide bonds. The van der Waals surface area contributed by atoms with Crippen LogP contribution in [0.1, 0.15) is 17.3 Å². The van der Waals surface area contributed by atoms with Gasteiger partial charge in [-0.1, -0.05) is 22.0 Å². The average Bonchev–Trinajstić information content (AvgIpc) is 2.25. The molecule has 0 aliphatic carbocycles. The lowest BCUT2D eigenvalue weighted by atomic mass is 10.1. The van der Waals surface area contributed by atoms with Crippen LogP contribution in [0.15, 0.2) is 23.1 Å². The lowest BCUT2D eigenvalue weighted by Gasteiger charge is -2.10. The van der Waals surface area contributed by atoms with Crippen LogP contribution in [0.2, 0.25) is 0 Å². The van der Waals surface area contributed by atoms with Crippen LogP contribution in [0.25, 0.3) is 0 Å². The summed E-state index contributed by atoms with van der Waals surface area (Å²) in [6.45, 7) is 1.26. The zero-order chi connectivity index (χ0) is 14.8. The van der Waals surface area contributed by atoms with Crippen molar-refractivity contribution in [3.63, 3.8) is 0 Å². The highest BCUT2D eigenvalue weighted by atomic mass is 79.9. The molecule has 0 spiro atoms. The van der Waals surface area contributed by atoms with E-state index in [0.717, 1.165) is 12.1 Å². The minimum atomic E-state index is -4.64. The van der Waals surface area contributed by atoms with Crippen LogP contribution in [-0.2, 0) is 4.79 Å². The maximum atomic E-state index is 12.3. The highest BCUT2D eigenvalue weighted by Gasteiger charge is 2.33. The van der Waals surface area contributed by atoms with Gasteiger partial charge in [0, 0.05) is 6.07 Å². The molecule has 0 saturated heterocycles. The molecule has 0 fully saturated rings. The molecule has 1 aromatic carbocycles. The number of halogens is 4. The number of benzene rings is 1. The smallest absolute Gasteiger partial charge is 0.298 e. The van der Waals surface area contributed by atoms with Crippen molar-refractivity contribution in [2.24, 2.45) is 0 Å². The molecule has 0 radical (unpaired) electrons. The molecule has 0 aliphatic heterocycles. The summed E-state index contributed by atoms with van der Waals surface area (Å²) in [5, 5.41) is 10.7. The van der Waals surface area contributed by atoms with E-state index in [9.17, 15) is 28.1 Å². The molecule has 0 heterocycles. The summed E-state index contributed by atoms with van der Waals surface area (Å²) in [4.78, 5) is 19.6. The van der Waals surface area contributed by atoms with Gasteiger partial charge < -0.3 is 0 Å². The number of carbonyl (C=O) groups excluding carboxylic acids is 1. The molecule has 0 aromatic heterocycles. The molecule has 0 aliphatic rings. The summed E-state index contributed by atoms with van der Waals surface area (Å²) < 4.78 is 37.0. The fourth-order valence-electron chi connectivity index (χ4n) is 1.28. The van der Waals surface area contributed by atoms with E-state index in [0.29, 0.717) is 0 Å². The molecule has 0 bridgehead atoms. The summed E-state index contributed by atoms with van der Waals surface area (Å²) in [6, 6.07) is 3.21. The molecule has 1 atom stereocenters. The van der Waals surface area contributed by atoms with E-state index in [-0.39, 0.29) is 11.3 Å². The van der Waals surface area contributed by atoms with Crippen molar-refractivity contribution in [2.45, 2.75) is 22.2 Å². The number of nitrogens with zero attached hydrogens (tertiary/aromatic N) is 1. The predicted molar refractivity (Wildman–Crippen MR) is 67.4 cm³/mol. The summed E-state index contributed by atoms with van der Waals surface area (Å²) >= 11 is 2.44. The Bertz CT molecular complexity index is 521. The molecule has 0 N–H and O–H groups in total. The Hall–Kier alpha value is -1.09. The first-order valence-corrected chi connectivity index (χ1v) is 6.53. The van der Waals surface area contributed by atoms with Gasteiger partial charge in [0.2, 0.25) is 0 Å². The van der Waals surface area contributed by atoms with Gasteiger partial charge in [0.15, 0.2) is 0 Å².